The summed E-state index contributed by atoms with van der Waals surface area (Å²) in [7, 11) is 0. The van der Waals surface area contributed by atoms with E-state index in [1.165, 1.54) is 16.8 Å². The third-order valence-electron chi connectivity index (χ3n) is 7.93. The zero-order valence-electron chi connectivity index (χ0n) is 23.3. The van der Waals surface area contributed by atoms with Crippen molar-refractivity contribution < 1.29 is 9.53 Å². The number of piperidine rings is 1. The van der Waals surface area contributed by atoms with Crippen LogP contribution in [0.1, 0.15) is 26.2 Å². The van der Waals surface area contributed by atoms with E-state index in [1.807, 2.05) is 30.0 Å². The van der Waals surface area contributed by atoms with E-state index in [0.29, 0.717) is 24.5 Å². The number of benzene rings is 3. The van der Waals surface area contributed by atoms with Crippen molar-refractivity contribution in [2.75, 3.05) is 62.6 Å². The number of carbonyl (C=O) groups excluding carboxylic acids is 1. The first kappa shape index (κ1) is 27.6. The van der Waals surface area contributed by atoms with Gasteiger partial charge >= 0.3 is 0 Å². The van der Waals surface area contributed by atoms with Crippen LogP contribution in [0.2, 0.25) is 0 Å². The number of hydrogen-bond donors (Lipinski definition) is 1. The Bertz CT molecular complexity index is 1250. The van der Waals surface area contributed by atoms with Gasteiger partial charge in [-0.1, -0.05) is 42.5 Å². The Labute approximate surface area is 236 Å². The summed E-state index contributed by atoms with van der Waals surface area (Å²) in [6.45, 7) is 8.60. The zero-order valence-corrected chi connectivity index (χ0v) is 23.3. The molecule has 3 aromatic carbocycles. The van der Waals surface area contributed by atoms with E-state index < -0.39 is 0 Å². The van der Waals surface area contributed by atoms with Gasteiger partial charge < -0.3 is 19.9 Å². The number of nitrogens with one attached hydrogen (secondary N) is 1. The molecule has 0 spiro atoms. The van der Waals surface area contributed by atoms with Gasteiger partial charge in [-0.25, -0.2) is 0 Å². The summed E-state index contributed by atoms with van der Waals surface area (Å²) in [5, 5.41) is 6.56. The maximum absolute atomic E-state index is 12.9. The van der Waals surface area contributed by atoms with Crippen molar-refractivity contribution in [1.29, 1.82) is 0 Å². The second-order valence-corrected chi connectivity index (χ2v) is 10.5. The number of amides is 1. The van der Waals surface area contributed by atoms with Crippen molar-refractivity contribution in [1.82, 2.24) is 9.80 Å². The van der Waals surface area contributed by atoms with Crippen LogP contribution in [0.4, 0.5) is 17.1 Å². The molecule has 40 heavy (non-hydrogen) atoms. The molecular formula is C32H39N5O3. The van der Waals surface area contributed by atoms with E-state index in [1.54, 1.807) is 6.07 Å². The fraction of sp³-hybridized carbons (Fsp3) is 0.406. The summed E-state index contributed by atoms with van der Waals surface area (Å²) in [4.78, 5) is 30.8. The van der Waals surface area contributed by atoms with Gasteiger partial charge in [0.05, 0.1) is 6.61 Å². The number of rotatable bonds is 10. The summed E-state index contributed by atoms with van der Waals surface area (Å²) in [5.41, 5.74) is 4.96. The molecule has 2 fully saturated rings. The molecule has 1 amide bonds. The van der Waals surface area contributed by atoms with Crippen molar-refractivity contribution in [3.8, 4) is 16.9 Å². The monoisotopic (exact) mass is 541 g/mol. The molecule has 8 nitrogen and oxygen atoms in total. The lowest BCUT2D eigenvalue weighted by Gasteiger charge is -2.37. The number of anilines is 2. The predicted octanol–water partition coefficient (Wildman–Crippen LogP) is 5.77. The van der Waals surface area contributed by atoms with Gasteiger partial charge in [0.2, 0.25) is 5.91 Å². The molecule has 5 rings (SSSR count). The van der Waals surface area contributed by atoms with Gasteiger partial charge in [0.25, 0.3) is 0 Å². The lowest BCUT2D eigenvalue weighted by Crippen LogP contribution is -2.48. The molecule has 2 heterocycles. The lowest BCUT2D eigenvalue weighted by atomic mass is 10.0. The average Bonchev–Trinajstić information content (AvgIpc) is 3.01. The molecule has 3 aromatic rings. The fourth-order valence-electron chi connectivity index (χ4n) is 5.60. The normalized spacial score (nSPS) is 16.5. The molecule has 0 aromatic heterocycles. The molecule has 1 N–H and O–H groups in total. The Balaban J connectivity index is 1.02. The van der Waals surface area contributed by atoms with Gasteiger partial charge in [0, 0.05) is 75.7 Å². The van der Waals surface area contributed by atoms with Gasteiger partial charge in [-0.15, -0.1) is 4.91 Å². The third kappa shape index (κ3) is 6.99. The zero-order chi connectivity index (χ0) is 27.7. The van der Waals surface area contributed by atoms with Crippen LogP contribution in [-0.2, 0) is 4.79 Å². The first-order chi connectivity index (χ1) is 19.6. The Morgan fingerprint density at radius 3 is 2.27 bits per heavy atom. The summed E-state index contributed by atoms with van der Waals surface area (Å²) >= 11 is 0. The summed E-state index contributed by atoms with van der Waals surface area (Å²) in [6.07, 6.45) is 2.36. The van der Waals surface area contributed by atoms with Crippen LogP contribution < -0.4 is 15.0 Å². The van der Waals surface area contributed by atoms with Gasteiger partial charge in [-0.2, -0.15) is 0 Å². The molecule has 0 unspecified atom stereocenters. The average molecular weight is 542 g/mol. The molecule has 0 aliphatic carbocycles. The Kier molecular flexibility index (Phi) is 9.29. The number of nitroso groups, excluding NO2 is 1. The summed E-state index contributed by atoms with van der Waals surface area (Å²) < 4.78 is 5.54. The minimum absolute atomic E-state index is 0.248. The molecule has 0 atom stereocenters. The molecule has 0 saturated carbocycles. The number of piperazine rings is 1. The second-order valence-electron chi connectivity index (χ2n) is 10.5. The Morgan fingerprint density at radius 1 is 0.900 bits per heavy atom. The topological polar surface area (TPSA) is 77.5 Å². The van der Waals surface area contributed by atoms with E-state index >= 15 is 0 Å². The highest BCUT2D eigenvalue weighted by Crippen LogP contribution is 2.31. The molecular weight excluding hydrogens is 502 g/mol. The number of carbonyl (C=O) groups is 1. The number of likely N-dealkylation sites (tertiary alicyclic amines) is 1. The fourth-order valence-corrected chi connectivity index (χ4v) is 5.60. The highest BCUT2D eigenvalue weighted by atomic mass is 16.5. The molecule has 0 radical (unpaired) electrons. The summed E-state index contributed by atoms with van der Waals surface area (Å²) in [5.74, 6) is 0.745. The predicted molar refractivity (Wildman–Crippen MR) is 161 cm³/mol. The van der Waals surface area contributed by atoms with E-state index in [2.05, 4.69) is 68.8 Å². The smallest absolute Gasteiger partial charge is 0.223 e. The highest BCUT2D eigenvalue weighted by Gasteiger charge is 2.24. The first-order valence-electron chi connectivity index (χ1n) is 14.4. The van der Waals surface area contributed by atoms with E-state index in [-0.39, 0.29) is 11.9 Å². The van der Waals surface area contributed by atoms with Crippen LogP contribution >= 0.6 is 0 Å². The largest absolute Gasteiger partial charge is 0.491 e. The maximum atomic E-state index is 12.9. The Hall–Kier alpha value is -3.91. The van der Waals surface area contributed by atoms with Crippen LogP contribution in [-0.4, -0.2) is 74.2 Å². The number of nitrogens with zero attached hydrogens (tertiary/aromatic N) is 4. The second kappa shape index (κ2) is 13.4. The maximum Gasteiger partial charge on any atom is 0.223 e. The van der Waals surface area contributed by atoms with Crippen LogP contribution in [0.5, 0.6) is 5.75 Å². The lowest BCUT2D eigenvalue weighted by molar-refractivity contribution is -0.132. The SMILES string of the molecule is CCOc1cc(NC2CCN(C(=O)CCN3CCN(c4ccc(-c5ccccc5)cc4)CC3)CC2)ccc1N=O. The van der Waals surface area contributed by atoms with Crippen molar-refractivity contribution in [3.05, 3.63) is 77.7 Å². The number of hydrogen-bond acceptors (Lipinski definition) is 7. The van der Waals surface area contributed by atoms with Crippen LogP contribution in [0.25, 0.3) is 11.1 Å². The number of ether oxygens (including phenoxy) is 1. The van der Waals surface area contributed by atoms with Gasteiger partial charge in [0.15, 0.2) is 5.75 Å². The van der Waals surface area contributed by atoms with Crippen LogP contribution in [0.15, 0.2) is 78.0 Å². The molecule has 8 heteroatoms. The Morgan fingerprint density at radius 2 is 1.60 bits per heavy atom. The van der Waals surface area contributed by atoms with E-state index in [4.69, 9.17) is 4.74 Å². The quantitative estimate of drug-likeness (QED) is 0.329. The first-order valence-corrected chi connectivity index (χ1v) is 14.4. The van der Waals surface area contributed by atoms with Crippen LogP contribution in [0, 0.1) is 4.91 Å². The van der Waals surface area contributed by atoms with Crippen molar-refractivity contribution >= 4 is 23.0 Å². The third-order valence-corrected chi connectivity index (χ3v) is 7.93. The standard InChI is InChI=1S/C32H39N5O3/c1-2-40-31-24-28(10-13-30(31)34-39)33-27-14-18-37(19-15-27)32(38)16-17-35-20-22-36(23-21-35)29-11-8-26(9-12-29)25-6-4-3-5-7-25/h3-13,24,27,33H,2,14-23H2,1H3. The highest BCUT2D eigenvalue weighted by molar-refractivity contribution is 5.76. The van der Waals surface area contributed by atoms with Crippen molar-refractivity contribution in [3.63, 3.8) is 0 Å². The van der Waals surface area contributed by atoms with E-state index in [0.717, 1.165) is 64.3 Å². The summed E-state index contributed by atoms with van der Waals surface area (Å²) in [6, 6.07) is 25.0. The van der Waals surface area contributed by atoms with Crippen molar-refractivity contribution in [2.24, 2.45) is 5.18 Å². The van der Waals surface area contributed by atoms with Gasteiger partial charge in [0.1, 0.15) is 5.69 Å². The molecule has 2 aliphatic rings. The minimum Gasteiger partial charge on any atom is -0.491 e. The van der Waals surface area contributed by atoms with Gasteiger partial charge in [-0.3, -0.25) is 9.69 Å². The van der Waals surface area contributed by atoms with E-state index in [9.17, 15) is 9.70 Å². The molecule has 0 bridgehead atoms. The minimum atomic E-state index is 0.248. The molecule has 2 aliphatic heterocycles. The van der Waals surface area contributed by atoms with Gasteiger partial charge in [-0.05, 0) is 60.3 Å². The molecule has 2 saturated heterocycles. The van der Waals surface area contributed by atoms with Crippen LogP contribution in [0.3, 0.4) is 0 Å². The van der Waals surface area contributed by atoms with Crippen molar-refractivity contribution in [2.45, 2.75) is 32.2 Å². The molecule has 210 valence electrons.